The summed E-state index contributed by atoms with van der Waals surface area (Å²) in [6, 6.07) is 15.7. The van der Waals surface area contributed by atoms with E-state index in [2.05, 4.69) is 16.5 Å². The van der Waals surface area contributed by atoms with Gasteiger partial charge in [0.2, 0.25) is 12.7 Å². The minimum Gasteiger partial charge on any atom is -0.481 e. The highest BCUT2D eigenvalue weighted by molar-refractivity contribution is 5.68. The lowest BCUT2D eigenvalue weighted by Gasteiger charge is -2.17. The van der Waals surface area contributed by atoms with E-state index in [0.717, 1.165) is 48.6 Å². The minimum absolute atomic E-state index is 0.0953. The van der Waals surface area contributed by atoms with Gasteiger partial charge >= 0.3 is 12.1 Å². The predicted molar refractivity (Wildman–Crippen MR) is 150 cm³/mol. The number of pyridine rings is 1. The quantitative estimate of drug-likeness (QED) is 0.238. The summed E-state index contributed by atoms with van der Waals surface area (Å²) in [4.78, 5) is 16.5. The van der Waals surface area contributed by atoms with E-state index in [1.54, 1.807) is 24.3 Å². The number of fused-ring (bicyclic) bond motifs is 2. The molecule has 0 fully saturated rings. The number of anilines is 1. The Bertz CT molecular complexity index is 1620. The van der Waals surface area contributed by atoms with Gasteiger partial charge in [0.25, 0.3) is 0 Å². The van der Waals surface area contributed by atoms with Crippen molar-refractivity contribution in [2.75, 3.05) is 25.3 Å². The summed E-state index contributed by atoms with van der Waals surface area (Å²) in [6.07, 6.45) is -1.85. The lowest BCUT2D eigenvalue weighted by molar-refractivity contribution is -0.138. The van der Waals surface area contributed by atoms with Gasteiger partial charge in [-0.1, -0.05) is 12.1 Å². The molecule has 2 aromatic heterocycles. The zero-order chi connectivity index (χ0) is 30.0. The molecule has 2 N–H and O–H groups in total. The highest BCUT2D eigenvalue weighted by Gasteiger charge is 2.30. The SMILES string of the molecule is O=C(O)CC(Cc1cc(OCCc2ccc3c(n2)NCCC3)n(-c2ccc(C(F)(F)F)cc2)n1)c1ccc2c(c1)OCO2. The van der Waals surface area contributed by atoms with Gasteiger partial charge in [-0.05, 0) is 72.9 Å². The Morgan fingerprint density at radius 3 is 2.65 bits per heavy atom. The molecule has 12 heteroatoms. The van der Waals surface area contributed by atoms with Crippen LogP contribution in [0.15, 0.2) is 60.7 Å². The molecule has 0 spiro atoms. The first-order valence-corrected chi connectivity index (χ1v) is 14.0. The fraction of sp³-hybridized carbons (Fsp3) is 0.323. The monoisotopic (exact) mass is 594 g/mol. The first kappa shape index (κ1) is 28.4. The molecular weight excluding hydrogens is 565 g/mol. The first-order chi connectivity index (χ1) is 20.7. The number of ether oxygens (including phenoxy) is 3. The number of benzene rings is 2. The van der Waals surface area contributed by atoms with Crippen LogP contribution in [0.4, 0.5) is 19.0 Å². The van der Waals surface area contributed by atoms with Crippen LogP contribution in [0.25, 0.3) is 5.69 Å². The van der Waals surface area contributed by atoms with Crippen molar-refractivity contribution in [3.63, 3.8) is 0 Å². The third-order valence-corrected chi connectivity index (χ3v) is 7.47. The zero-order valence-electron chi connectivity index (χ0n) is 23.1. The molecule has 224 valence electrons. The molecule has 2 aliphatic heterocycles. The second kappa shape index (κ2) is 11.9. The summed E-state index contributed by atoms with van der Waals surface area (Å²) in [5.74, 6) is 0.901. The topological polar surface area (TPSA) is 108 Å². The van der Waals surface area contributed by atoms with E-state index in [-0.39, 0.29) is 26.2 Å². The van der Waals surface area contributed by atoms with Crippen molar-refractivity contribution < 1.29 is 37.3 Å². The number of aromatic nitrogens is 3. The van der Waals surface area contributed by atoms with Crippen LogP contribution in [-0.2, 0) is 30.2 Å². The molecule has 2 aliphatic rings. The number of hydrogen-bond donors (Lipinski definition) is 2. The van der Waals surface area contributed by atoms with Crippen LogP contribution in [0.3, 0.4) is 0 Å². The Balaban J connectivity index is 1.26. The van der Waals surface area contributed by atoms with Gasteiger partial charge in [0.05, 0.1) is 30.0 Å². The molecule has 6 rings (SSSR count). The summed E-state index contributed by atoms with van der Waals surface area (Å²) in [5.41, 5.74) is 2.89. The number of rotatable bonds is 10. The van der Waals surface area contributed by atoms with E-state index >= 15 is 0 Å². The van der Waals surface area contributed by atoms with Crippen molar-refractivity contribution in [3.8, 4) is 23.1 Å². The normalized spacial score (nSPS) is 14.6. The molecule has 43 heavy (non-hydrogen) atoms. The summed E-state index contributed by atoms with van der Waals surface area (Å²) < 4.78 is 58.0. The molecule has 1 atom stereocenters. The lowest BCUT2D eigenvalue weighted by Crippen LogP contribution is -2.15. The van der Waals surface area contributed by atoms with Gasteiger partial charge in [0, 0.05) is 30.6 Å². The van der Waals surface area contributed by atoms with Gasteiger partial charge in [-0.3, -0.25) is 4.79 Å². The number of nitrogens with zero attached hydrogens (tertiary/aromatic N) is 3. The fourth-order valence-corrected chi connectivity index (χ4v) is 5.30. The number of nitrogens with one attached hydrogen (secondary N) is 1. The molecule has 0 bridgehead atoms. The molecular formula is C31H29F3N4O5. The molecule has 0 radical (unpaired) electrons. The average Bonchev–Trinajstić information content (AvgIpc) is 3.63. The number of halogens is 3. The van der Waals surface area contributed by atoms with Crippen LogP contribution in [0.1, 0.15) is 46.8 Å². The van der Waals surface area contributed by atoms with Gasteiger partial charge in [0.15, 0.2) is 11.5 Å². The van der Waals surface area contributed by atoms with Crippen molar-refractivity contribution in [1.29, 1.82) is 0 Å². The van der Waals surface area contributed by atoms with Gasteiger partial charge in [-0.2, -0.15) is 18.3 Å². The minimum atomic E-state index is -4.47. The number of aliphatic carboxylic acids is 1. The molecule has 0 aliphatic carbocycles. The van der Waals surface area contributed by atoms with Crippen molar-refractivity contribution in [2.24, 2.45) is 0 Å². The number of carboxylic acid groups (broad SMARTS) is 1. The van der Waals surface area contributed by atoms with Crippen LogP contribution in [0.2, 0.25) is 0 Å². The van der Waals surface area contributed by atoms with Crippen molar-refractivity contribution >= 4 is 11.8 Å². The third kappa shape index (κ3) is 6.52. The average molecular weight is 595 g/mol. The molecule has 4 aromatic rings. The summed E-state index contributed by atoms with van der Waals surface area (Å²) in [5, 5.41) is 17.6. The van der Waals surface area contributed by atoms with Gasteiger partial charge < -0.3 is 24.6 Å². The molecule has 0 saturated heterocycles. The Labute approximate surface area is 245 Å². The summed E-state index contributed by atoms with van der Waals surface area (Å²) in [6.45, 7) is 1.22. The van der Waals surface area contributed by atoms with E-state index in [1.165, 1.54) is 22.4 Å². The number of hydrogen-bond acceptors (Lipinski definition) is 7. The zero-order valence-corrected chi connectivity index (χ0v) is 23.1. The molecule has 1 unspecified atom stereocenters. The fourth-order valence-electron chi connectivity index (χ4n) is 5.30. The standard InChI is InChI=1S/C31H29F3N4O5/c32-31(33,34)22-5-8-25(9-6-22)38-28(41-13-11-23-7-3-19-2-1-12-35-30(19)36-23)17-24(37-38)14-21(16-29(39)40)20-4-10-26-27(15-20)43-18-42-26/h3-10,15,17,21H,1-2,11-14,16,18H2,(H,35,36)(H,39,40). The Hall–Kier alpha value is -4.74. The van der Waals surface area contributed by atoms with Crippen molar-refractivity contribution in [1.82, 2.24) is 14.8 Å². The lowest BCUT2D eigenvalue weighted by atomic mass is 9.91. The van der Waals surface area contributed by atoms with Gasteiger partial charge in [-0.25, -0.2) is 9.67 Å². The molecule has 0 saturated carbocycles. The van der Waals surface area contributed by atoms with Crippen molar-refractivity contribution in [3.05, 3.63) is 88.7 Å². The smallest absolute Gasteiger partial charge is 0.416 e. The first-order valence-electron chi connectivity index (χ1n) is 14.0. The Morgan fingerprint density at radius 2 is 1.86 bits per heavy atom. The van der Waals surface area contributed by atoms with E-state index in [0.29, 0.717) is 35.2 Å². The number of aryl methyl sites for hydroxylation is 1. The van der Waals surface area contributed by atoms with Crippen molar-refractivity contribution in [2.45, 2.75) is 44.2 Å². The summed E-state index contributed by atoms with van der Waals surface area (Å²) >= 11 is 0. The van der Waals surface area contributed by atoms with E-state index in [1.807, 2.05) is 6.07 Å². The maximum atomic E-state index is 13.2. The van der Waals surface area contributed by atoms with Crippen LogP contribution >= 0.6 is 0 Å². The Kier molecular flexibility index (Phi) is 7.83. The van der Waals surface area contributed by atoms with Crippen LogP contribution < -0.4 is 19.5 Å². The third-order valence-electron chi connectivity index (χ3n) is 7.47. The second-order valence-electron chi connectivity index (χ2n) is 10.5. The largest absolute Gasteiger partial charge is 0.481 e. The van der Waals surface area contributed by atoms with E-state index in [9.17, 15) is 23.1 Å². The highest BCUT2D eigenvalue weighted by atomic mass is 19.4. The van der Waals surface area contributed by atoms with Crippen LogP contribution in [0, 0.1) is 0 Å². The number of carboxylic acids is 1. The number of carbonyl (C=O) groups is 1. The molecule has 4 heterocycles. The summed E-state index contributed by atoms with van der Waals surface area (Å²) in [7, 11) is 0. The van der Waals surface area contributed by atoms with Crippen LogP contribution in [0.5, 0.6) is 17.4 Å². The maximum Gasteiger partial charge on any atom is 0.416 e. The molecule has 0 amide bonds. The second-order valence-corrected chi connectivity index (χ2v) is 10.5. The molecule has 2 aromatic carbocycles. The van der Waals surface area contributed by atoms with E-state index < -0.39 is 23.6 Å². The Morgan fingerprint density at radius 1 is 1.05 bits per heavy atom. The maximum absolute atomic E-state index is 13.2. The van der Waals surface area contributed by atoms with Gasteiger partial charge in [0.1, 0.15) is 5.82 Å². The predicted octanol–water partition coefficient (Wildman–Crippen LogP) is 5.80. The van der Waals surface area contributed by atoms with E-state index in [4.69, 9.17) is 19.2 Å². The van der Waals surface area contributed by atoms with Crippen LogP contribution in [-0.4, -0.2) is 45.8 Å². The van der Waals surface area contributed by atoms with Gasteiger partial charge in [-0.15, -0.1) is 0 Å². The highest BCUT2D eigenvalue weighted by Crippen LogP contribution is 2.37. The molecule has 9 nitrogen and oxygen atoms in total. The number of alkyl halides is 3.